The monoisotopic (exact) mass is 330 g/mol. The Morgan fingerprint density at radius 3 is 2.90 bits per heavy atom. The quantitative estimate of drug-likeness (QED) is 0.493. The molecule has 0 bridgehead atoms. The Kier molecular flexibility index (Phi) is 6.00. The molecule has 2 aromatic heterocycles. The second kappa shape index (κ2) is 7.50. The van der Waals surface area contributed by atoms with E-state index >= 15 is 0 Å². The number of furan rings is 1. The molecule has 0 radical (unpaired) electrons. The van der Waals surface area contributed by atoms with Gasteiger partial charge in [-0.05, 0) is 12.1 Å². The number of hydrogen-bond acceptors (Lipinski definition) is 5. The first kappa shape index (κ1) is 16.8. The summed E-state index contributed by atoms with van der Waals surface area (Å²) >= 11 is 1.31. The van der Waals surface area contributed by atoms with Crippen molar-refractivity contribution in [3.05, 3.63) is 23.3 Å². The Hall–Kier alpha value is -2.26. The average molecular weight is 331 g/mol. The van der Waals surface area contributed by atoms with Crippen LogP contribution in [-0.4, -0.2) is 24.0 Å². The molecule has 2 heterocycles. The first-order valence-electron chi connectivity index (χ1n) is 5.68. The third kappa shape index (κ3) is 4.65. The third-order valence-corrected chi connectivity index (χ3v) is 3.02. The molecule has 0 aliphatic rings. The van der Waals surface area contributed by atoms with Crippen LogP contribution in [0.25, 0.3) is 11.5 Å². The van der Waals surface area contributed by atoms with Crippen LogP contribution in [-0.2, 0) is 6.54 Å². The average Bonchev–Trinajstić information content (AvgIpc) is 3.03. The number of halogens is 1. The SMILES string of the molecule is CNC(=O)NCc1ccc(-c2csc(N=C(N)N)n2)o1.Cl. The fraction of sp³-hybridized carbons (Fsp3) is 0.182. The number of aromatic nitrogens is 1. The molecule has 0 aliphatic carbocycles. The van der Waals surface area contributed by atoms with Gasteiger partial charge < -0.3 is 26.5 Å². The van der Waals surface area contributed by atoms with Crippen molar-refractivity contribution in [1.29, 1.82) is 0 Å². The van der Waals surface area contributed by atoms with E-state index in [4.69, 9.17) is 15.9 Å². The van der Waals surface area contributed by atoms with Crippen LogP contribution in [0.2, 0.25) is 0 Å². The van der Waals surface area contributed by atoms with E-state index in [1.807, 2.05) is 0 Å². The second-order valence-electron chi connectivity index (χ2n) is 3.75. The van der Waals surface area contributed by atoms with Crippen molar-refractivity contribution in [2.24, 2.45) is 16.5 Å². The molecule has 0 unspecified atom stereocenters. The molecule has 10 heteroatoms. The van der Waals surface area contributed by atoms with Gasteiger partial charge in [-0.1, -0.05) is 0 Å². The highest BCUT2D eigenvalue weighted by Crippen LogP contribution is 2.27. The third-order valence-electron chi connectivity index (χ3n) is 2.28. The standard InChI is InChI=1S/C11H14N6O2S.ClH/c1-14-10(18)15-4-6-2-3-8(19-6)7-5-20-11(16-7)17-9(12)13;/h2-3,5H,4H2,1H3,(H2,14,15,18)(H4,12,13,16,17);1H. The summed E-state index contributed by atoms with van der Waals surface area (Å²) in [7, 11) is 1.55. The van der Waals surface area contributed by atoms with Gasteiger partial charge in [-0.3, -0.25) is 0 Å². The highest BCUT2D eigenvalue weighted by Gasteiger charge is 2.09. The van der Waals surface area contributed by atoms with E-state index in [2.05, 4.69) is 20.6 Å². The predicted octanol–water partition coefficient (Wildman–Crippen LogP) is 1.16. The van der Waals surface area contributed by atoms with Crippen molar-refractivity contribution in [2.75, 3.05) is 7.05 Å². The van der Waals surface area contributed by atoms with Crippen LogP contribution in [0.3, 0.4) is 0 Å². The molecule has 0 atom stereocenters. The lowest BCUT2D eigenvalue weighted by Crippen LogP contribution is -2.31. The van der Waals surface area contributed by atoms with E-state index in [9.17, 15) is 4.79 Å². The first-order valence-corrected chi connectivity index (χ1v) is 6.56. The number of carbonyl (C=O) groups excluding carboxylic acids is 1. The molecule has 0 aromatic carbocycles. The number of thiazole rings is 1. The van der Waals surface area contributed by atoms with Crippen molar-refractivity contribution in [2.45, 2.75) is 6.54 Å². The molecule has 114 valence electrons. The van der Waals surface area contributed by atoms with Gasteiger partial charge in [0.05, 0.1) is 6.54 Å². The van der Waals surface area contributed by atoms with E-state index < -0.39 is 0 Å². The number of nitrogens with zero attached hydrogens (tertiary/aromatic N) is 2. The number of hydrogen-bond donors (Lipinski definition) is 4. The summed E-state index contributed by atoms with van der Waals surface area (Å²) in [5, 5.41) is 7.33. The van der Waals surface area contributed by atoms with E-state index in [-0.39, 0.29) is 24.4 Å². The molecule has 6 N–H and O–H groups in total. The van der Waals surface area contributed by atoms with Gasteiger partial charge in [-0.25, -0.2) is 9.78 Å². The smallest absolute Gasteiger partial charge is 0.314 e. The molecule has 2 rings (SSSR count). The van der Waals surface area contributed by atoms with Gasteiger partial charge in [-0.15, -0.1) is 23.7 Å². The normalized spacial score (nSPS) is 9.57. The van der Waals surface area contributed by atoms with E-state index in [0.29, 0.717) is 28.9 Å². The van der Waals surface area contributed by atoms with Crippen molar-refractivity contribution in [3.63, 3.8) is 0 Å². The summed E-state index contributed by atoms with van der Waals surface area (Å²) in [5.74, 6) is 1.17. The number of nitrogens with one attached hydrogen (secondary N) is 2. The van der Waals surface area contributed by atoms with Crippen molar-refractivity contribution in [1.82, 2.24) is 15.6 Å². The topological polar surface area (TPSA) is 132 Å². The molecule has 0 fully saturated rings. The maximum Gasteiger partial charge on any atom is 0.314 e. The maximum absolute atomic E-state index is 11.1. The molecule has 2 amide bonds. The molecule has 0 spiro atoms. The van der Waals surface area contributed by atoms with Crippen LogP contribution in [0, 0.1) is 0 Å². The van der Waals surface area contributed by atoms with Crippen molar-refractivity contribution < 1.29 is 9.21 Å². The molecule has 8 nitrogen and oxygen atoms in total. The minimum atomic E-state index is -0.272. The fourth-order valence-electron chi connectivity index (χ4n) is 1.41. The molecule has 2 aromatic rings. The predicted molar refractivity (Wildman–Crippen MR) is 83.8 cm³/mol. The lowest BCUT2D eigenvalue weighted by Gasteiger charge is -2.00. The summed E-state index contributed by atoms with van der Waals surface area (Å²) in [5.41, 5.74) is 11.2. The number of guanidine groups is 1. The number of rotatable bonds is 4. The largest absolute Gasteiger partial charge is 0.458 e. The summed E-state index contributed by atoms with van der Waals surface area (Å²) in [6.07, 6.45) is 0. The Morgan fingerprint density at radius 1 is 1.48 bits per heavy atom. The lowest BCUT2D eigenvalue weighted by molar-refractivity contribution is 0.241. The molecule has 21 heavy (non-hydrogen) atoms. The van der Waals surface area contributed by atoms with Crippen LogP contribution in [0.5, 0.6) is 0 Å². The summed E-state index contributed by atoms with van der Waals surface area (Å²) in [6.45, 7) is 0.296. The van der Waals surface area contributed by atoms with Crippen LogP contribution >= 0.6 is 23.7 Å². The second-order valence-corrected chi connectivity index (χ2v) is 4.59. The molecular formula is C11H15ClN6O2S. The van der Waals surface area contributed by atoms with Gasteiger partial charge in [0.2, 0.25) is 5.13 Å². The Labute approximate surface area is 131 Å². The van der Waals surface area contributed by atoms with Gasteiger partial charge in [-0.2, -0.15) is 4.99 Å². The highest BCUT2D eigenvalue weighted by atomic mass is 35.5. The molecular weight excluding hydrogens is 316 g/mol. The van der Waals surface area contributed by atoms with Gasteiger partial charge in [0.1, 0.15) is 11.5 Å². The number of carbonyl (C=O) groups is 1. The van der Waals surface area contributed by atoms with Crippen LogP contribution in [0.1, 0.15) is 5.76 Å². The van der Waals surface area contributed by atoms with Gasteiger partial charge in [0.25, 0.3) is 0 Å². The molecule has 0 aliphatic heterocycles. The van der Waals surface area contributed by atoms with E-state index in [1.54, 1.807) is 24.6 Å². The zero-order valence-electron chi connectivity index (χ0n) is 11.1. The van der Waals surface area contributed by atoms with Crippen LogP contribution < -0.4 is 22.1 Å². The number of urea groups is 1. The van der Waals surface area contributed by atoms with Crippen molar-refractivity contribution >= 4 is 40.9 Å². The zero-order chi connectivity index (χ0) is 14.5. The Bertz CT molecular complexity index is 634. The van der Waals surface area contributed by atoms with Gasteiger partial charge in [0.15, 0.2) is 11.7 Å². The molecule has 0 saturated carbocycles. The van der Waals surface area contributed by atoms with Gasteiger partial charge in [0, 0.05) is 12.4 Å². The Morgan fingerprint density at radius 2 is 2.24 bits per heavy atom. The number of nitrogens with two attached hydrogens (primary N) is 2. The minimum Gasteiger partial charge on any atom is -0.458 e. The lowest BCUT2D eigenvalue weighted by atomic mass is 10.3. The maximum atomic E-state index is 11.1. The number of amides is 2. The summed E-state index contributed by atoms with van der Waals surface area (Å²) in [6, 6.07) is 3.27. The number of aliphatic imine (C=N–C) groups is 1. The van der Waals surface area contributed by atoms with E-state index in [0.717, 1.165) is 0 Å². The summed E-state index contributed by atoms with van der Waals surface area (Å²) in [4.78, 5) is 19.1. The minimum absolute atomic E-state index is 0. The highest BCUT2D eigenvalue weighted by molar-refractivity contribution is 7.13. The fourth-order valence-corrected chi connectivity index (χ4v) is 2.10. The summed E-state index contributed by atoms with van der Waals surface area (Å²) < 4.78 is 5.57. The van der Waals surface area contributed by atoms with E-state index in [1.165, 1.54) is 11.3 Å². The van der Waals surface area contributed by atoms with Crippen LogP contribution in [0.15, 0.2) is 26.9 Å². The van der Waals surface area contributed by atoms with Crippen molar-refractivity contribution in [3.8, 4) is 11.5 Å². The molecule has 0 saturated heterocycles. The Balaban J connectivity index is 0.00000220. The van der Waals surface area contributed by atoms with Gasteiger partial charge >= 0.3 is 6.03 Å². The van der Waals surface area contributed by atoms with Crippen LogP contribution in [0.4, 0.5) is 9.93 Å². The first-order chi connectivity index (χ1) is 9.58. The zero-order valence-corrected chi connectivity index (χ0v) is 12.8.